The van der Waals surface area contributed by atoms with Crippen LogP contribution in [0.3, 0.4) is 0 Å². The highest BCUT2D eigenvalue weighted by molar-refractivity contribution is 5.87. The minimum absolute atomic E-state index is 0.367. The molecule has 0 N–H and O–H groups in total. The van der Waals surface area contributed by atoms with Crippen molar-refractivity contribution >= 4 is 12.0 Å². The summed E-state index contributed by atoms with van der Waals surface area (Å²) in [6.45, 7) is 2.81. The molecule has 0 bridgehead atoms. The number of esters is 1. The van der Waals surface area contributed by atoms with Crippen molar-refractivity contribution in [3.63, 3.8) is 0 Å². The first kappa shape index (κ1) is 13.3. The van der Waals surface area contributed by atoms with Gasteiger partial charge in [0.15, 0.2) is 0 Å². The molecule has 0 radical (unpaired) electrons. The average Bonchev–Trinajstić information content (AvgIpc) is 2.37. The summed E-state index contributed by atoms with van der Waals surface area (Å²) in [5.41, 5.74) is 0.883. The zero-order valence-electron chi connectivity index (χ0n) is 10.3. The summed E-state index contributed by atoms with van der Waals surface area (Å²) in [5.74, 6) is 0.425. The Kier molecular flexibility index (Phi) is 5.86. The lowest BCUT2D eigenvalue weighted by molar-refractivity contribution is -0.134. The Hall–Kier alpha value is -1.77. The summed E-state index contributed by atoms with van der Waals surface area (Å²) in [6, 6.07) is 7.62. The van der Waals surface area contributed by atoms with Gasteiger partial charge in [-0.3, -0.25) is 0 Å². The van der Waals surface area contributed by atoms with Gasteiger partial charge in [0.05, 0.1) is 13.7 Å². The van der Waals surface area contributed by atoms with Crippen LogP contribution in [-0.2, 0) is 9.53 Å². The molecule has 0 aliphatic heterocycles. The molecule has 17 heavy (non-hydrogen) atoms. The second kappa shape index (κ2) is 7.49. The zero-order chi connectivity index (χ0) is 12.5. The highest BCUT2D eigenvalue weighted by Crippen LogP contribution is 2.19. The number of para-hydroxylation sites is 1. The molecule has 0 amide bonds. The van der Waals surface area contributed by atoms with Gasteiger partial charge in [0, 0.05) is 11.6 Å². The largest absolute Gasteiger partial charge is 0.493 e. The van der Waals surface area contributed by atoms with Crippen LogP contribution in [0.1, 0.15) is 25.3 Å². The lowest BCUT2D eigenvalue weighted by atomic mass is 10.2. The van der Waals surface area contributed by atoms with Crippen molar-refractivity contribution in [3.05, 3.63) is 35.9 Å². The molecule has 0 aliphatic carbocycles. The number of carbonyl (C=O) groups is 1. The van der Waals surface area contributed by atoms with Crippen molar-refractivity contribution in [2.24, 2.45) is 0 Å². The molecule has 1 aromatic rings. The van der Waals surface area contributed by atoms with E-state index in [4.69, 9.17) is 4.74 Å². The summed E-state index contributed by atoms with van der Waals surface area (Å²) in [4.78, 5) is 11.0. The number of rotatable bonds is 6. The highest BCUT2D eigenvalue weighted by atomic mass is 16.5. The van der Waals surface area contributed by atoms with Crippen LogP contribution < -0.4 is 4.74 Å². The van der Waals surface area contributed by atoms with E-state index in [0.29, 0.717) is 6.61 Å². The third kappa shape index (κ3) is 4.72. The van der Waals surface area contributed by atoms with Crippen LogP contribution in [0.25, 0.3) is 6.08 Å². The molecule has 3 nitrogen and oxygen atoms in total. The van der Waals surface area contributed by atoms with E-state index < -0.39 is 0 Å². The minimum Gasteiger partial charge on any atom is -0.493 e. The van der Waals surface area contributed by atoms with Crippen molar-refractivity contribution in [3.8, 4) is 5.75 Å². The van der Waals surface area contributed by atoms with Crippen LogP contribution >= 0.6 is 0 Å². The van der Waals surface area contributed by atoms with Crippen molar-refractivity contribution in [1.82, 2.24) is 0 Å². The number of unbranched alkanes of at least 4 members (excludes halogenated alkanes) is 1. The molecule has 1 rings (SSSR count). The molecule has 3 heteroatoms. The molecule has 1 aromatic carbocycles. The first-order chi connectivity index (χ1) is 8.27. The lowest BCUT2D eigenvalue weighted by Gasteiger charge is -2.08. The molecule has 0 fully saturated rings. The summed E-state index contributed by atoms with van der Waals surface area (Å²) in [5, 5.41) is 0. The minimum atomic E-state index is -0.367. The monoisotopic (exact) mass is 234 g/mol. The van der Waals surface area contributed by atoms with E-state index in [0.717, 1.165) is 24.2 Å². The molecule has 0 atom stereocenters. The van der Waals surface area contributed by atoms with Gasteiger partial charge < -0.3 is 9.47 Å². The number of ether oxygens (including phenoxy) is 2. The average molecular weight is 234 g/mol. The maximum atomic E-state index is 11.0. The van der Waals surface area contributed by atoms with Gasteiger partial charge in [-0.2, -0.15) is 0 Å². The van der Waals surface area contributed by atoms with E-state index in [2.05, 4.69) is 11.7 Å². The summed E-state index contributed by atoms with van der Waals surface area (Å²) in [6.07, 6.45) is 5.21. The molecular weight excluding hydrogens is 216 g/mol. The Morgan fingerprint density at radius 2 is 2.12 bits per heavy atom. The van der Waals surface area contributed by atoms with Crippen LogP contribution in [0.5, 0.6) is 5.75 Å². The van der Waals surface area contributed by atoms with E-state index in [-0.39, 0.29) is 5.97 Å². The first-order valence-corrected chi connectivity index (χ1v) is 5.75. The van der Waals surface area contributed by atoms with Gasteiger partial charge in [-0.15, -0.1) is 0 Å². The molecule has 0 heterocycles. The van der Waals surface area contributed by atoms with Gasteiger partial charge in [0.2, 0.25) is 0 Å². The fraction of sp³-hybridized carbons (Fsp3) is 0.357. The Morgan fingerprint density at radius 3 is 2.82 bits per heavy atom. The standard InChI is InChI=1S/C14H18O3/c1-3-4-11-17-13-8-6-5-7-12(13)9-10-14(15)16-2/h5-10H,3-4,11H2,1-2H3/b10-9+. The number of carbonyl (C=O) groups excluding carboxylic acids is 1. The Morgan fingerprint density at radius 1 is 1.35 bits per heavy atom. The maximum absolute atomic E-state index is 11.0. The van der Waals surface area contributed by atoms with Crippen LogP contribution in [0.15, 0.2) is 30.3 Å². The molecule has 0 saturated heterocycles. The lowest BCUT2D eigenvalue weighted by Crippen LogP contribution is -1.98. The first-order valence-electron chi connectivity index (χ1n) is 5.75. The van der Waals surface area contributed by atoms with Crippen LogP contribution in [0.2, 0.25) is 0 Å². The van der Waals surface area contributed by atoms with Gasteiger partial charge in [0.1, 0.15) is 5.75 Å². The summed E-state index contributed by atoms with van der Waals surface area (Å²) < 4.78 is 10.2. The predicted molar refractivity (Wildman–Crippen MR) is 67.9 cm³/mol. The van der Waals surface area contributed by atoms with Crippen molar-refractivity contribution in [1.29, 1.82) is 0 Å². The van der Waals surface area contributed by atoms with Gasteiger partial charge in [-0.1, -0.05) is 31.5 Å². The molecule has 0 aromatic heterocycles. The number of hydrogen-bond donors (Lipinski definition) is 0. The normalized spacial score (nSPS) is 10.5. The van der Waals surface area contributed by atoms with Crippen LogP contribution in [0, 0.1) is 0 Å². The Balaban J connectivity index is 2.70. The molecular formula is C14H18O3. The van der Waals surface area contributed by atoms with Crippen molar-refractivity contribution in [2.45, 2.75) is 19.8 Å². The SMILES string of the molecule is CCCCOc1ccccc1/C=C/C(=O)OC. The summed E-state index contributed by atoms with van der Waals surface area (Å²) in [7, 11) is 1.36. The maximum Gasteiger partial charge on any atom is 0.330 e. The van der Waals surface area contributed by atoms with E-state index >= 15 is 0 Å². The molecule has 0 aliphatic rings. The second-order valence-corrected chi connectivity index (χ2v) is 3.60. The van der Waals surface area contributed by atoms with Gasteiger partial charge in [0.25, 0.3) is 0 Å². The Bertz CT molecular complexity index is 383. The van der Waals surface area contributed by atoms with Crippen LogP contribution in [0.4, 0.5) is 0 Å². The van der Waals surface area contributed by atoms with E-state index in [1.54, 1.807) is 6.08 Å². The topological polar surface area (TPSA) is 35.5 Å². The highest BCUT2D eigenvalue weighted by Gasteiger charge is 2.00. The third-order valence-corrected chi connectivity index (χ3v) is 2.27. The predicted octanol–water partition coefficient (Wildman–Crippen LogP) is 3.05. The molecule has 0 unspecified atom stereocenters. The molecule has 0 saturated carbocycles. The summed E-state index contributed by atoms with van der Waals surface area (Å²) >= 11 is 0. The van der Waals surface area contributed by atoms with E-state index in [1.807, 2.05) is 24.3 Å². The molecule has 92 valence electrons. The van der Waals surface area contributed by atoms with Gasteiger partial charge in [-0.05, 0) is 18.6 Å². The van der Waals surface area contributed by atoms with E-state index in [9.17, 15) is 4.79 Å². The smallest absolute Gasteiger partial charge is 0.330 e. The second-order valence-electron chi connectivity index (χ2n) is 3.60. The Labute approximate surface area is 102 Å². The van der Waals surface area contributed by atoms with Crippen molar-refractivity contribution in [2.75, 3.05) is 13.7 Å². The number of methoxy groups -OCH3 is 1. The van der Waals surface area contributed by atoms with Gasteiger partial charge >= 0.3 is 5.97 Å². The molecule has 0 spiro atoms. The van der Waals surface area contributed by atoms with Crippen LogP contribution in [-0.4, -0.2) is 19.7 Å². The quantitative estimate of drug-likeness (QED) is 0.431. The fourth-order valence-corrected chi connectivity index (χ4v) is 1.30. The fourth-order valence-electron chi connectivity index (χ4n) is 1.30. The zero-order valence-corrected chi connectivity index (χ0v) is 10.3. The number of benzene rings is 1. The number of hydrogen-bond acceptors (Lipinski definition) is 3. The van der Waals surface area contributed by atoms with Crippen molar-refractivity contribution < 1.29 is 14.3 Å². The third-order valence-electron chi connectivity index (χ3n) is 2.27. The van der Waals surface area contributed by atoms with E-state index in [1.165, 1.54) is 13.2 Å². The van der Waals surface area contributed by atoms with Gasteiger partial charge in [-0.25, -0.2) is 4.79 Å².